The second kappa shape index (κ2) is 7.73. The summed E-state index contributed by atoms with van der Waals surface area (Å²) in [7, 11) is 0. The summed E-state index contributed by atoms with van der Waals surface area (Å²) in [6.45, 7) is 2.12. The molecule has 1 aromatic carbocycles. The average molecular weight is 377 g/mol. The lowest BCUT2D eigenvalue weighted by atomic mass is 10.3. The Labute approximate surface area is 153 Å². The normalized spacial score (nSPS) is 11.7. The van der Waals surface area contributed by atoms with Gasteiger partial charge < -0.3 is 9.88 Å². The van der Waals surface area contributed by atoms with Crippen LogP contribution in [0.2, 0.25) is 0 Å². The lowest BCUT2D eigenvalue weighted by molar-refractivity contribution is -0.141. The maximum Gasteiger partial charge on any atom is 0.433 e. The molecule has 0 saturated carbocycles. The van der Waals surface area contributed by atoms with E-state index in [9.17, 15) is 18.0 Å². The van der Waals surface area contributed by atoms with Crippen molar-refractivity contribution in [3.8, 4) is 0 Å². The van der Waals surface area contributed by atoms with Crippen molar-refractivity contribution >= 4 is 16.9 Å². The van der Waals surface area contributed by atoms with Crippen LogP contribution in [0, 0.1) is 6.92 Å². The first kappa shape index (κ1) is 18.8. The lowest BCUT2D eigenvalue weighted by Gasteiger charge is -2.09. The molecule has 0 unspecified atom stereocenters. The Bertz CT molecular complexity index is 952. The molecule has 142 valence electrons. The molecule has 27 heavy (non-hydrogen) atoms. The molecule has 0 aliphatic carbocycles. The number of nitrogens with zero attached hydrogens (tertiary/aromatic N) is 4. The predicted molar refractivity (Wildman–Crippen MR) is 92.8 cm³/mol. The largest absolute Gasteiger partial charge is 0.433 e. The number of para-hydroxylation sites is 2. The average Bonchev–Trinajstić information content (AvgIpc) is 3.02. The van der Waals surface area contributed by atoms with Gasteiger partial charge in [-0.3, -0.25) is 4.79 Å². The van der Waals surface area contributed by atoms with Crippen molar-refractivity contribution in [2.45, 2.75) is 32.5 Å². The van der Waals surface area contributed by atoms with Gasteiger partial charge in [0, 0.05) is 31.6 Å². The Hall–Kier alpha value is -2.97. The number of carbonyl (C=O) groups is 1. The van der Waals surface area contributed by atoms with Gasteiger partial charge in [-0.05, 0) is 25.1 Å². The van der Waals surface area contributed by atoms with Crippen molar-refractivity contribution < 1.29 is 18.0 Å². The smallest absolute Gasteiger partial charge is 0.356 e. The fourth-order valence-electron chi connectivity index (χ4n) is 2.70. The summed E-state index contributed by atoms with van der Waals surface area (Å²) in [6.07, 6.45) is -2.47. The zero-order chi connectivity index (χ0) is 19.4. The number of hydrogen-bond acceptors (Lipinski definition) is 4. The minimum absolute atomic E-state index is 0.0585. The summed E-state index contributed by atoms with van der Waals surface area (Å²) in [5.41, 5.74) is 1.07. The number of aryl methyl sites for hydroxylation is 2. The summed E-state index contributed by atoms with van der Waals surface area (Å²) in [5.74, 6) is -0.139. The monoisotopic (exact) mass is 377 g/mol. The van der Waals surface area contributed by atoms with Crippen LogP contribution >= 0.6 is 0 Å². The highest BCUT2D eigenvalue weighted by molar-refractivity contribution is 5.77. The van der Waals surface area contributed by atoms with Crippen molar-refractivity contribution in [1.29, 1.82) is 0 Å². The third-order valence-electron chi connectivity index (χ3n) is 3.97. The van der Waals surface area contributed by atoms with E-state index in [1.807, 2.05) is 28.8 Å². The summed E-state index contributed by atoms with van der Waals surface area (Å²) in [5, 5.41) is 2.69. The second-order valence-electron chi connectivity index (χ2n) is 6.09. The molecule has 3 aromatic rings. The molecular formula is C18H18F3N5O. The molecule has 0 bridgehead atoms. The van der Waals surface area contributed by atoms with Gasteiger partial charge in [-0.25, -0.2) is 15.0 Å². The number of nitrogens with one attached hydrogen (secondary N) is 1. The van der Waals surface area contributed by atoms with E-state index >= 15 is 0 Å². The third-order valence-corrected chi connectivity index (χ3v) is 3.97. The molecule has 0 aliphatic rings. The lowest BCUT2D eigenvalue weighted by Crippen LogP contribution is -2.27. The molecule has 0 fully saturated rings. The number of benzene rings is 1. The highest BCUT2D eigenvalue weighted by Crippen LogP contribution is 2.27. The molecule has 0 radical (unpaired) electrons. The molecule has 0 aliphatic heterocycles. The first-order valence-corrected chi connectivity index (χ1v) is 8.41. The summed E-state index contributed by atoms with van der Waals surface area (Å²) < 4.78 is 40.2. The maximum atomic E-state index is 12.8. The van der Waals surface area contributed by atoms with Gasteiger partial charge in [0.2, 0.25) is 5.91 Å². The number of hydrogen-bond donors (Lipinski definition) is 1. The van der Waals surface area contributed by atoms with Crippen LogP contribution in [0.25, 0.3) is 11.0 Å². The Morgan fingerprint density at radius 1 is 1.22 bits per heavy atom. The number of amides is 1. The standard InChI is InChI=1S/C18H18F3N5O/c1-12-10-15(18(19,20)21)25-16(24-12)6-8-22-17(27)7-9-26-11-23-13-4-2-3-5-14(13)26/h2-5,10-11H,6-9H2,1H3,(H,22,27). The van der Waals surface area contributed by atoms with Gasteiger partial charge in [0.1, 0.15) is 11.5 Å². The van der Waals surface area contributed by atoms with Crippen LogP contribution in [0.4, 0.5) is 13.2 Å². The first-order valence-electron chi connectivity index (χ1n) is 8.41. The Morgan fingerprint density at radius 2 is 2.00 bits per heavy atom. The van der Waals surface area contributed by atoms with Gasteiger partial charge in [-0.15, -0.1) is 0 Å². The number of fused-ring (bicyclic) bond motifs is 1. The van der Waals surface area contributed by atoms with Gasteiger partial charge in [0.05, 0.1) is 17.4 Å². The number of alkyl halides is 3. The van der Waals surface area contributed by atoms with Gasteiger partial charge in [0.15, 0.2) is 0 Å². The van der Waals surface area contributed by atoms with Gasteiger partial charge in [0.25, 0.3) is 0 Å². The summed E-state index contributed by atoms with van der Waals surface area (Å²) in [4.78, 5) is 23.8. The molecular weight excluding hydrogens is 359 g/mol. The minimum Gasteiger partial charge on any atom is -0.356 e. The van der Waals surface area contributed by atoms with Crippen LogP contribution in [-0.4, -0.2) is 32.0 Å². The fourth-order valence-corrected chi connectivity index (χ4v) is 2.70. The van der Waals surface area contributed by atoms with Crippen LogP contribution < -0.4 is 5.32 Å². The van der Waals surface area contributed by atoms with E-state index in [-0.39, 0.29) is 36.8 Å². The predicted octanol–water partition coefficient (Wildman–Crippen LogP) is 2.90. The van der Waals surface area contributed by atoms with E-state index in [1.54, 1.807) is 6.33 Å². The Balaban J connectivity index is 1.51. The van der Waals surface area contributed by atoms with Crippen molar-refractivity contribution in [1.82, 2.24) is 24.8 Å². The summed E-state index contributed by atoms with van der Waals surface area (Å²) in [6, 6.07) is 8.51. The van der Waals surface area contributed by atoms with Crippen molar-refractivity contribution in [2.75, 3.05) is 6.54 Å². The van der Waals surface area contributed by atoms with E-state index in [2.05, 4.69) is 20.3 Å². The van der Waals surface area contributed by atoms with E-state index in [4.69, 9.17) is 0 Å². The fraction of sp³-hybridized carbons (Fsp3) is 0.333. The highest BCUT2D eigenvalue weighted by atomic mass is 19.4. The SMILES string of the molecule is Cc1cc(C(F)(F)F)nc(CCNC(=O)CCn2cnc3ccccc32)n1. The molecule has 2 heterocycles. The number of rotatable bonds is 6. The molecule has 0 saturated heterocycles. The van der Waals surface area contributed by atoms with E-state index in [0.29, 0.717) is 6.54 Å². The number of imidazole rings is 1. The van der Waals surface area contributed by atoms with Crippen molar-refractivity contribution in [2.24, 2.45) is 0 Å². The quantitative estimate of drug-likeness (QED) is 0.717. The summed E-state index contributed by atoms with van der Waals surface area (Å²) >= 11 is 0. The number of halogens is 3. The molecule has 9 heteroatoms. The molecule has 1 amide bonds. The zero-order valence-corrected chi connectivity index (χ0v) is 14.6. The van der Waals surface area contributed by atoms with Gasteiger partial charge >= 0.3 is 6.18 Å². The van der Waals surface area contributed by atoms with Gasteiger partial charge in [-0.1, -0.05) is 12.1 Å². The van der Waals surface area contributed by atoms with Crippen LogP contribution in [0.1, 0.15) is 23.6 Å². The molecule has 6 nitrogen and oxygen atoms in total. The molecule has 0 atom stereocenters. The van der Waals surface area contributed by atoms with Crippen LogP contribution in [0.3, 0.4) is 0 Å². The topological polar surface area (TPSA) is 72.7 Å². The van der Waals surface area contributed by atoms with E-state index in [0.717, 1.165) is 17.1 Å². The van der Waals surface area contributed by atoms with E-state index in [1.165, 1.54) is 6.92 Å². The second-order valence-corrected chi connectivity index (χ2v) is 6.09. The van der Waals surface area contributed by atoms with Crippen LogP contribution in [-0.2, 0) is 23.9 Å². The number of aromatic nitrogens is 4. The molecule has 2 aromatic heterocycles. The van der Waals surface area contributed by atoms with Gasteiger partial charge in [-0.2, -0.15) is 13.2 Å². The minimum atomic E-state index is -4.51. The molecule has 1 N–H and O–H groups in total. The number of carbonyl (C=O) groups excluding carboxylic acids is 1. The zero-order valence-electron chi connectivity index (χ0n) is 14.6. The van der Waals surface area contributed by atoms with Crippen molar-refractivity contribution in [3.05, 3.63) is 53.9 Å². The molecule has 0 spiro atoms. The highest BCUT2D eigenvalue weighted by Gasteiger charge is 2.33. The first-order chi connectivity index (χ1) is 12.8. The Morgan fingerprint density at radius 3 is 2.78 bits per heavy atom. The Kier molecular flexibility index (Phi) is 5.38. The van der Waals surface area contributed by atoms with E-state index < -0.39 is 11.9 Å². The van der Waals surface area contributed by atoms with Crippen molar-refractivity contribution in [3.63, 3.8) is 0 Å². The molecule has 3 rings (SSSR count). The van der Waals surface area contributed by atoms with Crippen LogP contribution in [0.15, 0.2) is 36.7 Å². The maximum absolute atomic E-state index is 12.8. The third kappa shape index (κ3) is 4.81. The van der Waals surface area contributed by atoms with Crippen LogP contribution in [0.5, 0.6) is 0 Å².